The van der Waals surface area contributed by atoms with Gasteiger partial charge in [0, 0.05) is 18.0 Å². The minimum absolute atomic E-state index is 0.450. The van der Waals surface area contributed by atoms with Gasteiger partial charge in [-0.05, 0) is 18.2 Å². The molecule has 2 aromatic rings. The van der Waals surface area contributed by atoms with Crippen LogP contribution in [0.2, 0.25) is 0 Å². The summed E-state index contributed by atoms with van der Waals surface area (Å²) in [6.07, 6.45) is 3.09. The number of nitrogen functional groups attached to an aromatic ring is 1. The van der Waals surface area contributed by atoms with E-state index in [1.807, 2.05) is 12.3 Å². The van der Waals surface area contributed by atoms with Crippen molar-refractivity contribution in [3.8, 4) is 0 Å². The lowest BCUT2D eigenvalue weighted by Gasteiger charge is -2.07. The highest BCUT2D eigenvalue weighted by Gasteiger charge is 2.38. The van der Waals surface area contributed by atoms with Crippen LogP contribution in [0.15, 0.2) is 41.6 Å². The summed E-state index contributed by atoms with van der Waals surface area (Å²) in [5.41, 5.74) is 7.15. The minimum atomic E-state index is 0.450. The van der Waals surface area contributed by atoms with Gasteiger partial charge in [0.1, 0.15) is 11.6 Å². The highest BCUT2D eigenvalue weighted by molar-refractivity contribution is 7.98. The summed E-state index contributed by atoms with van der Waals surface area (Å²) in [7, 11) is 0. The van der Waals surface area contributed by atoms with Crippen molar-refractivity contribution in [2.45, 2.75) is 23.5 Å². The summed E-state index contributed by atoms with van der Waals surface area (Å²) in [6.45, 7) is 0. The zero-order valence-electron chi connectivity index (χ0n) is 10.7. The number of benzene rings is 1. The predicted octanol–water partition coefficient (Wildman–Crippen LogP) is 2.75. The van der Waals surface area contributed by atoms with E-state index in [2.05, 4.69) is 39.6 Å². The molecule has 0 bridgehead atoms. The van der Waals surface area contributed by atoms with Gasteiger partial charge in [0.05, 0.1) is 0 Å². The van der Waals surface area contributed by atoms with Crippen molar-refractivity contribution in [3.05, 3.63) is 42.0 Å². The lowest BCUT2D eigenvalue weighted by molar-refractivity contribution is 0.952. The van der Waals surface area contributed by atoms with Crippen LogP contribution in [0.25, 0.3) is 0 Å². The molecule has 1 fully saturated rings. The van der Waals surface area contributed by atoms with Crippen molar-refractivity contribution >= 4 is 23.4 Å². The van der Waals surface area contributed by atoms with E-state index in [1.54, 1.807) is 6.07 Å². The molecule has 0 amide bonds. The fourth-order valence-corrected chi connectivity index (χ4v) is 2.61. The molecule has 5 heteroatoms. The van der Waals surface area contributed by atoms with E-state index in [9.17, 15) is 0 Å². The molecule has 19 heavy (non-hydrogen) atoms. The zero-order valence-corrected chi connectivity index (χ0v) is 11.5. The fraction of sp³-hybridized carbons (Fsp3) is 0.286. The van der Waals surface area contributed by atoms with Crippen LogP contribution in [-0.2, 0) is 0 Å². The summed E-state index contributed by atoms with van der Waals surface area (Å²) in [5.74, 6) is 1.91. The lowest BCUT2D eigenvalue weighted by Crippen LogP contribution is -2.07. The average Bonchev–Trinajstić information content (AvgIpc) is 3.18. The fourth-order valence-electron chi connectivity index (χ4n) is 2.22. The number of hydrogen-bond donors (Lipinski definition) is 2. The SMILES string of the molecule is CSc1nc(N)cc(NC2CC2c2ccccc2)n1. The van der Waals surface area contributed by atoms with Crippen molar-refractivity contribution in [2.75, 3.05) is 17.3 Å². The first-order chi connectivity index (χ1) is 9.26. The summed E-state index contributed by atoms with van der Waals surface area (Å²) in [6, 6.07) is 12.8. The van der Waals surface area contributed by atoms with Gasteiger partial charge in [0.15, 0.2) is 5.16 Å². The van der Waals surface area contributed by atoms with Crippen molar-refractivity contribution in [1.29, 1.82) is 0 Å². The maximum atomic E-state index is 5.77. The Morgan fingerprint density at radius 3 is 2.79 bits per heavy atom. The predicted molar refractivity (Wildman–Crippen MR) is 79.4 cm³/mol. The molecule has 1 saturated carbocycles. The van der Waals surface area contributed by atoms with Crippen LogP contribution in [0.4, 0.5) is 11.6 Å². The number of nitrogens with zero attached hydrogens (tertiary/aromatic N) is 2. The molecule has 0 radical (unpaired) electrons. The lowest BCUT2D eigenvalue weighted by atomic mass is 10.1. The normalized spacial score (nSPS) is 21.1. The molecule has 3 N–H and O–H groups in total. The van der Waals surface area contributed by atoms with E-state index in [0.29, 0.717) is 22.9 Å². The molecule has 4 nitrogen and oxygen atoms in total. The van der Waals surface area contributed by atoms with Crippen LogP contribution in [0.5, 0.6) is 0 Å². The van der Waals surface area contributed by atoms with Crippen LogP contribution >= 0.6 is 11.8 Å². The summed E-state index contributed by atoms with van der Waals surface area (Å²) in [4.78, 5) is 8.57. The summed E-state index contributed by atoms with van der Waals surface area (Å²) >= 11 is 1.50. The van der Waals surface area contributed by atoms with Crippen molar-refractivity contribution < 1.29 is 0 Å². The molecule has 98 valence electrons. The summed E-state index contributed by atoms with van der Waals surface area (Å²) in [5, 5.41) is 4.14. The Hall–Kier alpha value is -1.75. The topological polar surface area (TPSA) is 63.8 Å². The molecule has 1 aliphatic rings. The van der Waals surface area contributed by atoms with Crippen LogP contribution in [0, 0.1) is 0 Å². The molecule has 1 aromatic heterocycles. The molecular formula is C14H16N4S. The number of thioether (sulfide) groups is 1. The smallest absolute Gasteiger partial charge is 0.191 e. The Morgan fingerprint density at radius 1 is 1.26 bits per heavy atom. The molecule has 3 rings (SSSR count). The van der Waals surface area contributed by atoms with Gasteiger partial charge in [-0.3, -0.25) is 0 Å². The third kappa shape index (κ3) is 2.81. The maximum Gasteiger partial charge on any atom is 0.191 e. The van der Waals surface area contributed by atoms with Gasteiger partial charge in [0.25, 0.3) is 0 Å². The van der Waals surface area contributed by atoms with Gasteiger partial charge >= 0.3 is 0 Å². The van der Waals surface area contributed by atoms with Crippen molar-refractivity contribution in [3.63, 3.8) is 0 Å². The number of rotatable bonds is 4. The van der Waals surface area contributed by atoms with Crippen LogP contribution in [0.1, 0.15) is 17.9 Å². The van der Waals surface area contributed by atoms with Gasteiger partial charge in [-0.2, -0.15) is 0 Å². The third-order valence-electron chi connectivity index (χ3n) is 3.26. The van der Waals surface area contributed by atoms with E-state index in [-0.39, 0.29) is 0 Å². The molecule has 1 heterocycles. The second-order valence-electron chi connectivity index (χ2n) is 4.67. The van der Waals surface area contributed by atoms with Crippen molar-refractivity contribution in [1.82, 2.24) is 9.97 Å². The number of nitrogens with two attached hydrogens (primary N) is 1. The first kappa shape index (κ1) is 12.3. The zero-order chi connectivity index (χ0) is 13.2. The van der Waals surface area contributed by atoms with E-state index in [0.717, 1.165) is 12.2 Å². The largest absolute Gasteiger partial charge is 0.383 e. The number of aromatic nitrogens is 2. The maximum absolute atomic E-state index is 5.77. The minimum Gasteiger partial charge on any atom is -0.383 e. The molecule has 2 unspecified atom stereocenters. The van der Waals surface area contributed by atoms with Gasteiger partial charge in [-0.15, -0.1) is 0 Å². The van der Waals surface area contributed by atoms with E-state index >= 15 is 0 Å². The van der Waals surface area contributed by atoms with Gasteiger partial charge in [0.2, 0.25) is 0 Å². The highest BCUT2D eigenvalue weighted by Crippen LogP contribution is 2.42. The standard InChI is InChI=1S/C14H16N4S/c1-19-14-17-12(15)8-13(18-14)16-11-7-10(11)9-5-3-2-4-6-9/h2-6,8,10-11H,7H2,1H3,(H3,15,16,17,18). The molecule has 0 saturated heterocycles. The highest BCUT2D eigenvalue weighted by atomic mass is 32.2. The number of nitrogens with one attached hydrogen (secondary N) is 1. The van der Waals surface area contributed by atoms with Gasteiger partial charge in [-0.25, -0.2) is 9.97 Å². The van der Waals surface area contributed by atoms with Crippen LogP contribution in [0.3, 0.4) is 0 Å². The third-order valence-corrected chi connectivity index (χ3v) is 3.81. The Morgan fingerprint density at radius 2 is 2.05 bits per heavy atom. The van der Waals surface area contributed by atoms with Gasteiger partial charge in [-0.1, -0.05) is 42.1 Å². The first-order valence-corrected chi connectivity index (χ1v) is 7.49. The Balaban J connectivity index is 1.69. The number of anilines is 2. The van der Waals surface area contributed by atoms with E-state index in [4.69, 9.17) is 5.73 Å². The van der Waals surface area contributed by atoms with E-state index in [1.165, 1.54) is 17.3 Å². The molecule has 1 aliphatic carbocycles. The van der Waals surface area contributed by atoms with Crippen LogP contribution in [-0.4, -0.2) is 22.3 Å². The number of hydrogen-bond acceptors (Lipinski definition) is 5. The Kier molecular flexibility index (Phi) is 3.29. The second-order valence-corrected chi connectivity index (χ2v) is 5.44. The molecule has 0 aliphatic heterocycles. The first-order valence-electron chi connectivity index (χ1n) is 6.26. The average molecular weight is 272 g/mol. The Bertz CT molecular complexity index is 573. The molecular weight excluding hydrogens is 256 g/mol. The van der Waals surface area contributed by atoms with Crippen LogP contribution < -0.4 is 11.1 Å². The monoisotopic (exact) mass is 272 g/mol. The summed E-state index contributed by atoms with van der Waals surface area (Å²) < 4.78 is 0. The Labute approximate surface area is 116 Å². The van der Waals surface area contributed by atoms with E-state index < -0.39 is 0 Å². The molecule has 2 atom stereocenters. The van der Waals surface area contributed by atoms with Gasteiger partial charge < -0.3 is 11.1 Å². The quantitative estimate of drug-likeness (QED) is 0.662. The molecule has 0 spiro atoms. The molecule has 1 aromatic carbocycles. The van der Waals surface area contributed by atoms with Crippen molar-refractivity contribution in [2.24, 2.45) is 0 Å². The second kappa shape index (κ2) is 5.09.